The van der Waals surface area contributed by atoms with Crippen molar-refractivity contribution in [2.45, 2.75) is 51.6 Å². The fourth-order valence-corrected chi connectivity index (χ4v) is 3.11. The molecule has 3 nitrogen and oxygen atoms in total. The molecule has 21 heavy (non-hydrogen) atoms. The monoisotopic (exact) mass is 293 g/mol. The molecule has 0 N–H and O–H groups in total. The standard InChI is InChI=1S/C17H24FNO2/c1-3-19(14-7-5-4-6-8-14)12-13-9-10-15(16(18)11-13)17(20)21-2/h9-11,14H,3-8,12H2,1-2H3. The molecule has 0 radical (unpaired) electrons. The molecule has 0 unspecified atom stereocenters. The number of halogens is 1. The Balaban J connectivity index is 2.07. The molecule has 0 atom stereocenters. The minimum Gasteiger partial charge on any atom is -0.465 e. The molecular formula is C17H24FNO2. The normalized spacial score (nSPS) is 16.2. The third kappa shape index (κ3) is 4.03. The molecule has 116 valence electrons. The Morgan fingerprint density at radius 3 is 2.62 bits per heavy atom. The van der Waals surface area contributed by atoms with Crippen LogP contribution in [0.25, 0.3) is 0 Å². The molecule has 1 fully saturated rings. The predicted molar refractivity (Wildman–Crippen MR) is 80.7 cm³/mol. The number of hydrogen-bond acceptors (Lipinski definition) is 3. The van der Waals surface area contributed by atoms with Crippen LogP contribution >= 0.6 is 0 Å². The lowest BCUT2D eigenvalue weighted by molar-refractivity contribution is 0.0595. The maximum Gasteiger partial charge on any atom is 0.340 e. The first-order chi connectivity index (χ1) is 10.2. The molecule has 0 aliphatic heterocycles. The van der Waals surface area contributed by atoms with Gasteiger partial charge in [0, 0.05) is 12.6 Å². The lowest BCUT2D eigenvalue weighted by Gasteiger charge is -2.33. The van der Waals surface area contributed by atoms with Crippen molar-refractivity contribution < 1.29 is 13.9 Å². The third-order valence-electron chi connectivity index (χ3n) is 4.32. The SMILES string of the molecule is CCN(Cc1ccc(C(=O)OC)c(F)c1)C1CCCCC1. The van der Waals surface area contributed by atoms with E-state index in [1.165, 1.54) is 51.3 Å². The highest BCUT2D eigenvalue weighted by Crippen LogP contribution is 2.24. The van der Waals surface area contributed by atoms with Crippen LogP contribution < -0.4 is 0 Å². The van der Waals surface area contributed by atoms with E-state index in [1.807, 2.05) is 6.07 Å². The quantitative estimate of drug-likeness (QED) is 0.774. The zero-order chi connectivity index (χ0) is 15.2. The van der Waals surface area contributed by atoms with Gasteiger partial charge in [0.25, 0.3) is 0 Å². The van der Waals surface area contributed by atoms with E-state index in [9.17, 15) is 9.18 Å². The van der Waals surface area contributed by atoms with Gasteiger partial charge in [0.2, 0.25) is 0 Å². The lowest BCUT2D eigenvalue weighted by atomic mass is 9.94. The summed E-state index contributed by atoms with van der Waals surface area (Å²) in [6.07, 6.45) is 6.37. The second-order valence-electron chi connectivity index (χ2n) is 5.66. The molecule has 2 rings (SSSR count). The number of carbonyl (C=O) groups excluding carboxylic acids is 1. The topological polar surface area (TPSA) is 29.5 Å². The van der Waals surface area contributed by atoms with Crippen molar-refractivity contribution in [1.82, 2.24) is 4.90 Å². The smallest absolute Gasteiger partial charge is 0.340 e. The summed E-state index contributed by atoms with van der Waals surface area (Å²) in [7, 11) is 1.26. The molecule has 1 aliphatic carbocycles. The molecule has 1 aromatic carbocycles. The summed E-state index contributed by atoms with van der Waals surface area (Å²) < 4.78 is 18.5. The molecular weight excluding hydrogens is 269 g/mol. The van der Waals surface area contributed by atoms with Crippen molar-refractivity contribution in [1.29, 1.82) is 0 Å². The summed E-state index contributed by atoms with van der Waals surface area (Å²) in [5, 5.41) is 0. The first-order valence-corrected chi connectivity index (χ1v) is 7.76. The van der Waals surface area contributed by atoms with Gasteiger partial charge in [-0.1, -0.05) is 32.3 Å². The molecule has 0 bridgehead atoms. The van der Waals surface area contributed by atoms with E-state index in [2.05, 4.69) is 16.6 Å². The second-order valence-corrected chi connectivity index (χ2v) is 5.66. The fourth-order valence-electron chi connectivity index (χ4n) is 3.11. The van der Waals surface area contributed by atoms with Gasteiger partial charge in [0.05, 0.1) is 12.7 Å². The maximum absolute atomic E-state index is 14.0. The molecule has 0 spiro atoms. The van der Waals surface area contributed by atoms with Crippen LogP contribution in [0, 0.1) is 5.82 Å². The third-order valence-corrected chi connectivity index (χ3v) is 4.32. The van der Waals surface area contributed by atoms with Crippen LogP contribution in [0.3, 0.4) is 0 Å². The van der Waals surface area contributed by atoms with Crippen LogP contribution in [0.15, 0.2) is 18.2 Å². The van der Waals surface area contributed by atoms with Crippen LogP contribution in [0.4, 0.5) is 4.39 Å². The number of nitrogens with zero attached hydrogens (tertiary/aromatic N) is 1. The van der Waals surface area contributed by atoms with Crippen molar-refractivity contribution in [2.24, 2.45) is 0 Å². The van der Waals surface area contributed by atoms with Gasteiger partial charge in [-0.05, 0) is 37.1 Å². The van der Waals surface area contributed by atoms with Gasteiger partial charge in [0.1, 0.15) is 5.82 Å². The summed E-state index contributed by atoms with van der Waals surface area (Å²) in [4.78, 5) is 13.8. The first kappa shape index (κ1) is 16.0. The number of hydrogen-bond donors (Lipinski definition) is 0. The van der Waals surface area contributed by atoms with Gasteiger partial charge in [-0.2, -0.15) is 0 Å². The van der Waals surface area contributed by atoms with Gasteiger partial charge < -0.3 is 4.74 Å². The summed E-state index contributed by atoms with van der Waals surface area (Å²) in [6.45, 7) is 3.85. The minimum absolute atomic E-state index is 0.00182. The van der Waals surface area contributed by atoms with E-state index in [0.29, 0.717) is 6.04 Å². The molecule has 0 amide bonds. The molecule has 1 aromatic rings. The number of rotatable bonds is 5. The van der Waals surface area contributed by atoms with Gasteiger partial charge in [0.15, 0.2) is 0 Å². The van der Waals surface area contributed by atoms with Crippen LogP contribution in [-0.2, 0) is 11.3 Å². The van der Waals surface area contributed by atoms with Crippen molar-refractivity contribution in [3.8, 4) is 0 Å². The van der Waals surface area contributed by atoms with Crippen LogP contribution in [0.1, 0.15) is 54.9 Å². The molecule has 4 heteroatoms. The van der Waals surface area contributed by atoms with Gasteiger partial charge in [-0.3, -0.25) is 4.90 Å². The average molecular weight is 293 g/mol. The Morgan fingerprint density at radius 2 is 2.05 bits per heavy atom. The predicted octanol–water partition coefficient (Wildman–Crippen LogP) is 3.77. The zero-order valence-corrected chi connectivity index (χ0v) is 12.9. The summed E-state index contributed by atoms with van der Waals surface area (Å²) in [6, 6.07) is 5.40. The van der Waals surface area contributed by atoms with E-state index in [-0.39, 0.29) is 5.56 Å². The number of ether oxygens (including phenoxy) is 1. The number of methoxy groups -OCH3 is 1. The largest absolute Gasteiger partial charge is 0.465 e. The molecule has 0 saturated heterocycles. The van der Waals surface area contributed by atoms with Gasteiger partial charge in [-0.25, -0.2) is 9.18 Å². The Morgan fingerprint density at radius 1 is 1.33 bits per heavy atom. The van der Waals surface area contributed by atoms with E-state index in [1.54, 1.807) is 0 Å². The zero-order valence-electron chi connectivity index (χ0n) is 12.9. The first-order valence-electron chi connectivity index (χ1n) is 7.76. The van der Waals surface area contributed by atoms with E-state index < -0.39 is 11.8 Å². The lowest BCUT2D eigenvalue weighted by Crippen LogP contribution is -2.36. The Bertz CT molecular complexity index is 484. The Kier molecular flexibility index (Phi) is 5.74. The fraction of sp³-hybridized carbons (Fsp3) is 0.588. The van der Waals surface area contributed by atoms with Crippen molar-refractivity contribution in [2.75, 3.05) is 13.7 Å². The highest BCUT2D eigenvalue weighted by molar-refractivity contribution is 5.89. The van der Waals surface area contributed by atoms with Crippen LogP contribution in [0.5, 0.6) is 0 Å². The Labute approximate surface area is 126 Å². The maximum atomic E-state index is 14.0. The van der Waals surface area contributed by atoms with E-state index in [4.69, 9.17) is 0 Å². The van der Waals surface area contributed by atoms with Crippen molar-refractivity contribution in [3.63, 3.8) is 0 Å². The highest BCUT2D eigenvalue weighted by atomic mass is 19.1. The second kappa shape index (κ2) is 7.55. The Hall–Kier alpha value is -1.42. The van der Waals surface area contributed by atoms with Gasteiger partial charge in [-0.15, -0.1) is 0 Å². The van der Waals surface area contributed by atoms with Crippen molar-refractivity contribution >= 4 is 5.97 Å². The van der Waals surface area contributed by atoms with Crippen LogP contribution in [-0.4, -0.2) is 30.6 Å². The van der Waals surface area contributed by atoms with Crippen LogP contribution in [0.2, 0.25) is 0 Å². The molecule has 0 aromatic heterocycles. The minimum atomic E-state index is -0.626. The van der Waals surface area contributed by atoms with Crippen molar-refractivity contribution in [3.05, 3.63) is 35.1 Å². The number of benzene rings is 1. The van der Waals surface area contributed by atoms with E-state index >= 15 is 0 Å². The molecule has 0 heterocycles. The number of esters is 1. The average Bonchev–Trinajstić information content (AvgIpc) is 2.53. The summed E-state index contributed by atoms with van der Waals surface area (Å²) in [5.74, 6) is -1.13. The molecule has 1 aliphatic rings. The highest BCUT2D eigenvalue weighted by Gasteiger charge is 2.20. The van der Waals surface area contributed by atoms with E-state index in [0.717, 1.165) is 18.7 Å². The van der Waals surface area contributed by atoms with Gasteiger partial charge >= 0.3 is 5.97 Å². The summed E-state index contributed by atoms with van der Waals surface area (Å²) in [5.41, 5.74) is 0.912. The summed E-state index contributed by atoms with van der Waals surface area (Å²) >= 11 is 0. The number of carbonyl (C=O) groups is 1. The molecule has 1 saturated carbocycles.